The summed E-state index contributed by atoms with van der Waals surface area (Å²) in [7, 11) is 0. The Kier molecular flexibility index (Phi) is 7.29. The van der Waals surface area contributed by atoms with Crippen LogP contribution >= 0.6 is 11.6 Å². The molecule has 2 aromatic carbocycles. The topological polar surface area (TPSA) is 52.7 Å². The molecule has 5 nitrogen and oxygen atoms in total. The molecule has 1 aliphatic rings. The van der Waals surface area contributed by atoms with Crippen LogP contribution in [0.5, 0.6) is 0 Å². The Balaban J connectivity index is 1.46. The van der Waals surface area contributed by atoms with E-state index in [0.29, 0.717) is 43.3 Å². The molecule has 3 rings (SSSR count). The van der Waals surface area contributed by atoms with Gasteiger partial charge in [-0.1, -0.05) is 48.9 Å². The predicted molar refractivity (Wildman–Crippen MR) is 116 cm³/mol. The van der Waals surface area contributed by atoms with Crippen molar-refractivity contribution in [3.05, 3.63) is 70.7 Å². The van der Waals surface area contributed by atoms with Gasteiger partial charge in [0.05, 0.1) is 6.04 Å². The van der Waals surface area contributed by atoms with Crippen LogP contribution in [0.1, 0.15) is 35.7 Å². The van der Waals surface area contributed by atoms with Crippen LogP contribution in [-0.4, -0.2) is 60.4 Å². The second kappa shape index (κ2) is 9.90. The van der Waals surface area contributed by atoms with Crippen molar-refractivity contribution in [1.29, 1.82) is 0 Å². The number of carbonyl (C=O) groups excluding carboxylic acids is 2. The fourth-order valence-electron chi connectivity index (χ4n) is 3.55. The molecule has 0 spiro atoms. The predicted octanol–water partition coefficient (Wildman–Crippen LogP) is 3.41. The first kappa shape index (κ1) is 21.3. The molecule has 29 heavy (non-hydrogen) atoms. The minimum Gasteiger partial charge on any atom is -0.354 e. The van der Waals surface area contributed by atoms with Crippen LogP contribution in [-0.2, 0) is 4.79 Å². The van der Waals surface area contributed by atoms with Crippen LogP contribution in [0.25, 0.3) is 0 Å². The van der Waals surface area contributed by atoms with E-state index in [1.807, 2.05) is 30.0 Å². The van der Waals surface area contributed by atoms with E-state index in [0.717, 1.165) is 0 Å². The highest BCUT2D eigenvalue weighted by Crippen LogP contribution is 2.15. The maximum Gasteiger partial charge on any atom is 0.253 e. The summed E-state index contributed by atoms with van der Waals surface area (Å²) in [5.74, 6) is 0.307. The van der Waals surface area contributed by atoms with E-state index in [2.05, 4.69) is 29.3 Å². The lowest BCUT2D eigenvalue weighted by molar-refractivity contribution is -0.126. The minimum absolute atomic E-state index is 0.00936. The van der Waals surface area contributed by atoms with Gasteiger partial charge in [-0.3, -0.25) is 14.5 Å². The molecule has 2 atom stereocenters. The fourth-order valence-corrected chi connectivity index (χ4v) is 3.68. The number of nitrogens with zero attached hydrogens (tertiary/aromatic N) is 2. The van der Waals surface area contributed by atoms with Crippen LogP contribution in [0.3, 0.4) is 0 Å². The molecule has 1 heterocycles. The Bertz CT molecular complexity index is 818. The van der Waals surface area contributed by atoms with Gasteiger partial charge < -0.3 is 10.2 Å². The smallest absolute Gasteiger partial charge is 0.253 e. The molecule has 1 saturated heterocycles. The third-order valence-corrected chi connectivity index (χ3v) is 5.82. The summed E-state index contributed by atoms with van der Waals surface area (Å²) < 4.78 is 0. The first-order valence-corrected chi connectivity index (χ1v) is 10.4. The monoisotopic (exact) mass is 413 g/mol. The first-order chi connectivity index (χ1) is 14.0. The highest BCUT2D eigenvalue weighted by Gasteiger charge is 2.28. The van der Waals surface area contributed by atoms with Crippen molar-refractivity contribution in [2.24, 2.45) is 0 Å². The largest absolute Gasteiger partial charge is 0.354 e. The average molecular weight is 414 g/mol. The van der Waals surface area contributed by atoms with E-state index < -0.39 is 0 Å². The molecule has 0 aliphatic carbocycles. The molecule has 0 saturated carbocycles. The quantitative estimate of drug-likeness (QED) is 0.789. The standard InChI is InChI=1S/C23H28ClN3O2/c1-17(19-6-4-3-5-7-19)16-25-22(28)18(2)26-12-14-27(15-13-26)23(29)20-8-10-21(24)11-9-20/h3-11,17-18H,12-16H2,1-2H3,(H,25,28). The van der Waals surface area contributed by atoms with E-state index in [4.69, 9.17) is 11.6 Å². The van der Waals surface area contributed by atoms with Crippen molar-refractivity contribution in [3.8, 4) is 0 Å². The van der Waals surface area contributed by atoms with E-state index in [1.54, 1.807) is 24.3 Å². The van der Waals surface area contributed by atoms with E-state index >= 15 is 0 Å². The van der Waals surface area contributed by atoms with Crippen LogP contribution in [0.2, 0.25) is 5.02 Å². The number of piperazine rings is 1. The third kappa shape index (κ3) is 5.58. The van der Waals surface area contributed by atoms with E-state index in [1.165, 1.54) is 5.56 Å². The van der Waals surface area contributed by atoms with Gasteiger partial charge in [0, 0.05) is 43.3 Å². The minimum atomic E-state index is -0.217. The Morgan fingerprint density at radius 2 is 1.59 bits per heavy atom. The molecule has 154 valence electrons. The number of hydrogen-bond donors (Lipinski definition) is 1. The van der Waals surface area contributed by atoms with Gasteiger partial charge in [-0.2, -0.15) is 0 Å². The Morgan fingerprint density at radius 3 is 2.21 bits per heavy atom. The van der Waals surface area contributed by atoms with E-state index in [-0.39, 0.29) is 23.8 Å². The number of hydrogen-bond acceptors (Lipinski definition) is 3. The normalized spacial score (nSPS) is 16.9. The molecule has 2 amide bonds. The summed E-state index contributed by atoms with van der Waals surface area (Å²) in [6.07, 6.45) is 0. The van der Waals surface area contributed by atoms with Crippen LogP contribution in [0.4, 0.5) is 0 Å². The molecule has 2 aromatic rings. The number of amides is 2. The van der Waals surface area contributed by atoms with E-state index in [9.17, 15) is 9.59 Å². The highest BCUT2D eigenvalue weighted by atomic mass is 35.5. The second-order valence-corrected chi connectivity index (χ2v) is 8.00. The summed E-state index contributed by atoms with van der Waals surface area (Å²) in [4.78, 5) is 29.2. The number of benzene rings is 2. The lowest BCUT2D eigenvalue weighted by atomic mass is 10.0. The average Bonchev–Trinajstić information content (AvgIpc) is 2.77. The highest BCUT2D eigenvalue weighted by molar-refractivity contribution is 6.30. The summed E-state index contributed by atoms with van der Waals surface area (Å²) in [6, 6.07) is 16.9. The Morgan fingerprint density at radius 1 is 0.966 bits per heavy atom. The molecule has 6 heteroatoms. The van der Waals surface area contributed by atoms with Gasteiger partial charge in [0.2, 0.25) is 5.91 Å². The van der Waals surface area contributed by atoms with Gasteiger partial charge in [-0.15, -0.1) is 0 Å². The van der Waals surface area contributed by atoms with Crippen LogP contribution in [0.15, 0.2) is 54.6 Å². The lowest BCUT2D eigenvalue weighted by Crippen LogP contribution is -2.55. The number of rotatable bonds is 6. The molecule has 1 N–H and O–H groups in total. The summed E-state index contributed by atoms with van der Waals surface area (Å²) >= 11 is 5.90. The number of carbonyl (C=O) groups is 2. The summed E-state index contributed by atoms with van der Waals surface area (Å²) in [5, 5.41) is 3.69. The second-order valence-electron chi connectivity index (χ2n) is 7.57. The zero-order valence-corrected chi connectivity index (χ0v) is 17.7. The molecular weight excluding hydrogens is 386 g/mol. The summed E-state index contributed by atoms with van der Waals surface area (Å²) in [5.41, 5.74) is 1.86. The van der Waals surface area contributed by atoms with Crippen molar-refractivity contribution in [1.82, 2.24) is 15.1 Å². The van der Waals surface area contributed by atoms with Gasteiger partial charge >= 0.3 is 0 Å². The number of nitrogens with one attached hydrogen (secondary N) is 1. The van der Waals surface area contributed by atoms with Gasteiger partial charge in [0.25, 0.3) is 5.91 Å². The lowest BCUT2D eigenvalue weighted by Gasteiger charge is -2.37. The molecular formula is C23H28ClN3O2. The van der Waals surface area contributed by atoms with Gasteiger partial charge in [0.1, 0.15) is 0 Å². The molecule has 0 aromatic heterocycles. The molecule has 2 unspecified atom stereocenters. The van der Waals surface area contributed by atoms with Crippen molar-refractivity contribution in [3.63, 3.8) is 0 Å². The summed E-state index contributed by atoms with van der Waals surface area (Å²) in [6.45, 7) is 7.24. The SMILES string of the molecule is CC(CNC(=O)C(C)N1CCN(C(=O)c2ccc(Cl)cc2)CC1)c1ccccc1. The maximum absolute atomic E-state index is 12.6. The van der Waals surface area contributed by atoms with Gasteiger partial charge in [-0.05, 0) is 42.7 Å². The Labute approximate surface area is 177 Å². The van der Waals surface area contributed by atoms with Gasteiger partial charge in [-0.25, -0.2) is 0 Å². The van der Waals surface area contributed by atoms with Crippen molar-refractivity contribution >= 4 is 23.4 Å². The molecule has 1 aliphatic heterocycles. The Hall–Kier alpha value is -2.37. The van der Waals surface area contributed by atoms with Crippen LogP contribution < -0.4 is 5.32 Å². The third-order valence-electron chi connectivity index (χ3n) is 5.57. The fraction of sp³-hybridized carbons (Fsp3) is 0.391. The van der Waals surface area contributed by atoms with Crippen LogP contribution in [0, 0.1) is 0 Å². The van der Waals surface area contributed by atoms with Crippen molar-refractivity contribution in [2.75, 3.05) is 32.7 Å². The molecule has 1 fully saturated rings. The number of halogens is 1. The maximum atomic E-state index is 12.6. The van der Waals surface area contributed by atoms with Gasteiger partial charge in [0.15, 0.2) is 0 Å². The van der Waals surface area contributed by atoms with Crippen molar-refractivity contribution < 1.29 is 9.59 Å². The first-order valence-electron chi connectivity index (χ1n) is 10.1. The molecule has 0 bridgehead atoms. The zero-order valence-electron chi connectivity index (χ0n) is 17.0. The van der Waals surface area contributed by atoms with Crippen molar-refractivity contribution in [2.45, 2.75) is 25.8 Å². The molecule has 0 radical (unpaired) electrons. The zero-order chi connectivity index (χ0) is 20.8.